The van der Waals surface area contributed by atoms with Gasteiger partial charge in [0.15, 0.2) is 0 Å². The lowest BCUT2D eigenvalue weighted by molar-refractivity contribution is 0.317. The van der Waals surface area contributed by atoms with Crippen LogP contribution in [-0.4, -0.2) is 51.0 Å². The van der Waals surface area contributed by atoms with Crippen LogP contribution in [-0.2, 0) is 0 Å². The number of ether oxygens (including phenoxy) is 2. The first-order chi connectivity index (χ1) is 10.1. The maximum absolute atomic E-state index is 5.51. The zero-order chi connectivity index (χ0) is 15.4. The Kier molecular flexibility index (Phi) is 5.65. The first-order valence-corrected chi connectivity index (χ1v) is 8.00. The van der Waals surface area contributed by atoms with Crippen LogP contribution in [0.2, 0.25) is 0 Å². The van der Waals surface area contributed by atoms with Crippen molar-refractivity contribution in [2.75, 3.05) is 34.4 Å². The third kappa shape index (κ3) is 3.58. The van der Waals surface area contributed by atoms with Crippen LogP contribution >= 0.6 is 15.9 Å². The van der Waals surface area contributed by atoms with Gasteiger partial charge in [-0.3, -0.25) is 4.99 Å². The third-order valence-electron chi connectivity index (χ3n) is 4.07. The Bertz CT molecular complexity index is 531. The van der Waals surface area contributed by atoms with E-state index in [9.17, 15) is 0 Å². The zero-order valence-corrected chi connectivity index (χ0v) is 14.7. The molecule has 1 heterocycles. The predicted octanol–water partition coefficient (Wildman–Crippen LogP) is 3.37. The summed E-state index contributed by atoms with van der Waals surface area (Å²) >= 11 is 3.52. The molecule has 0 bridgehead atoms. The molecular weight excluding hydrogens is 332 g/mol. The van der Waals surface area contributed by atoms with Crippen LogP contribution in [0.4, 0.5) is 0 Å². The fraction of sp³-hybridized carbons (Fsp3) is 0.562. The van der Waals surface area contributed by atoms with Gasteiger partial charge in [0.1, 0.15) is 11.5 Å². The molecule has 0 amide bonds. The predicted molar refractivity (Wildman–Crippen MR) is 90.0 cm³/mol. The molecule has 5 heteroatoms. The third-order valence-corrected chi connectivity index (χ3v) is 4.69. The van der Waals surface area contributed by atoms with E-state index in [0.717, 1.165) is 33.8 Å². The van der Waals surface area contributed by atoms with Crippen molar-refractivity contribution in [3.05, 3.63) is 22.2 Å². The highest BCUT2D eigenvalue weighted by atomic mass is 79.9. The molecule has 0 aliphatic carbocycles. The zero-order valence-electron chi connectivity index (χ0n) is 13.1. The molecule has 1 atom stereocenters. The Morgan fingerprint density at radius 1 is 1.38 bits per heavy atom. The number of nitrogens with zero attached hydrogens (tertiary/aromatic N) is 2. The number of hydrogen-bond acceptors (Lipinski definition) is 4. The van der Waals surface area contributed by atoms with Gasteiger partial charge in [0, 0.05) is 11.8 Å². The van der Waals surface area contributed by atoms with Crippen molar-refractivity contribution in [3.8, 4) is 11.5 Å². The summed E-state index contributed by atoms with van der Waals surface area (Å²) in [6.07, 6.45) is 2.49. The summed E-state index contributed by atoms with van der Waals surface area (Å²) in [5.41, 5.74) is 1.88. The Hall–Kier alpha value is -1.07. The highest BCUT2D eigenvalue weighted by molar-refractivity contribution is 9.10. The summed E-state index contributed by atoms with van der Waals surface area (Å²) in [6.45, 7) is 4.01. The van der Waals surface area contributed by atoms with Crippen LogP contribution < -0.4 is 9.47 Å². The molecule has 1 aromatic carbocycles. The summed E-state index contributed by atoms with van der Waals surface area (Å²) in [4.78, 5) is 7.16. The van der Waals surface area contributed by atoms with E-state index in [1.54, 1.807) is 14.2 Å². The van der Waals surface area contributed by atoms with E-state index in [2.05, 4.69) is 27.9 Å². The van der Waals surface area contributed by atoms with Gasteiger partial charge in [-0.2, -0.15) is 0 Å². The molecule has 0 saturated carbocycles. The standard InChI is InChI=1S/C16H23BrN2O2/c1-11(18-10-12-6-5-9-19(12)2)15-14(20-3)8-7-13(17)16(15)21-4/h7-8,12H,5-6,9-10H2,1-4H3/b18-11+. The average molecular weight is 355 g/mol. The van der Waals surface area contributed by atoms with Crippen LogP contribution in [0.1, 0.15) is 25.3 Å². The first-order valence-electron chi connectivity index (χ1n) is 7.20. The van der Waals surface area contributed by atoms with Crippen molar-refractivity contribution in [3.63, 3.8) is 0 Å². The van der Waals surface area contributed by atoms with Gasteiger partial charge in [0.25, 0.3) is 0 Å². The van der Waals surface area contributed by atoms with Crippen molar-refractivity contribution in [1.29, 1.82) is 0 Å². The number of likely N-dealkylation sites (tertiary alicyclic amines) is 1. The molecule has 1 unspecified atom stereocenters. The van der Waals surface area contributed by atoms with Crippen molar-refractivity contribution in [1.82, 2.24) is 4.90 Å². The topological polar surface area (TPSA) is 34.1 Å². The minimum Gasteiger partial charge on any atom is -0.496 e. The van der Waals surface area contributed by atoms with Crippen molar-refractivity contribution in [2.24, 2.45) is 4.99 Å². The molecule has 0 N–H and O–H groups in total. The highest BCUT2D eigenvalue weighted by Gasteiger charge is 2.21. The molecule has 0 radical (unpaired) electrons. The van der Waals surface area contributed by atoms with E-state index in [1.807, 2.05) is 19.1 Å². The van der Waals surface area contributed by atoms with Crippen molar-refractivity contribution < 1.29 is 9.47 Å². The number of likely N-dealkylation sites (N-methyl/N-ethyl adjacent to an activating group) is 1. The van der Waals surface area contributed by atoms with Gasteiger partial charge >= 0.3 is 0 Å². The van der Waals surface area contributed by atoms with E-state index in [0.29, 0.717) is 6.04 Å². The lowest BCUT2D eigenvalue weighted by atomic mass is 10.1. The van der Waals surface area contributed by atoms with Gasteiger partial charge in [-0.1, -0.05) is 0 Å². The maximum atomic E-state index is 5.51. The largest absolute Gasteiger partial charge is 0.496 e. The Balaban J connectivity index is 2.28. The molecule has 0 spiro atoms. The number of hydrogen-bond donors (Lipinski definition) is 0. The van der Waals surface area contributed by atoms with E-state index >= 15 is 0 Å². The van der Waals surface area contributed by atoms with Gasteiger partial charge < -0.3 is 14.4 Å². The fourth-order valence-corrected chi connectivity index (χ4v) is 3.28. The SMILES string of the molecule is COc1ccc(Br)c(OC)c1/C(C)=N/CC1CCCN1C. The molecule has 21 heavy (non-hydrogen) atoms. The lowest BCUT2D eigenvalue weighted by Crippen LogP contribution is -2.27. The quantitative estimate of drug-likeness (QED) is 0.760. The second-order valence-corrected chi connectivity index (χ2v) is 6.21. The van der Waals surface area contributed by atoms with E-state index in [-0.39, 0.29) is 0 Å². The van der Waals surface area contributed by atoms with Gasteiger partial charge in [-0.25, -0.2) is 0 Å². The number of benzene rings is 1. The van der Waals surface area contributed by atoms with Crippen molar-refractivity contribution in [2.45, 2.75) is 25.8 Å². The molecule has 1 aromatic rings. The smallest absolute Gasteiger partial charge is 0.145 e. The van der Waals surface area contributed by atoms with Crippen LogP contribution in [0.3, 0.4) is 0 Å². The van der Waals surface area contributed by atoms with E-state index < -0.39 is 0 Å². The second-order valence-electron chi connectivity index (χ2n) is 5.36. The van der Waals surface area contributed by atoms with Gasteiger partial charge in [-0.15, -0.1) is 0 Å². The fourth-order valence-electron chi connectivity index (χ4n) is 2.78. The van der Waals surface area contributed by atoms with Gasteiger partial charge in [0.05, 0.1) is 30.8 Å². The normalized spacial score (nSPS) is 19.9. The summed E-state index contributed by atoms with van der Waals surface area (Å²) in [6, 6.07) is 4.41. The van der Waals surface area contributed by atoms with Gasteiger partial charge in [0.2, 0.25) is 0 Å². The van der Waals surface area contributed by atoms with Crippen LogP contribution in [0.25, 0.3) is 0 Å². The van der Waals surface area contributed by atoms with E-state index in [4.69, 9.17) is 14.5 Å². The maximum Gasteiger partial charge on any atom is 0.145 e. The number of methoxy groups -OCH3 is 2. The average Bonchev–Trinajstić information content (AvgIpc) is 2.89. The Morgan fingerprint density at radius 3 is 2.71 bits per heavy atom. The summed E-state index contributed by atoms with van der Waals surface area (Å²) in [7, 11) is 5.51. The molecule has 116 valence electrons. The number of rotatable bonds is 5. The number of aliphatic imine (C=N–C) groups is 1. The van der Waals surface area contributed by atoms with Crippen LogP contribution in [0.5, 0.6) is 11.5 Å². The molecule has 2 rings (SSSR count). The monoisotopic (exact) mass is 354 g/mol. The molecule has 1 aliphatic heterocycles. The van der Waals surface area contributed by atoms with Crippen LogP contribution in [0, 0.1) is 0 Å². The highest BCUT2D eigenvalue weighted by Crippen LogP contribution is 2.36. The molecule has 1 aliphatic rings. The first kappa shape index (κ1) is 16.3. The molecule has 1 saturated heterocycles. The summed E-state index contributed by atoms with van der Waals surface area (Å²) < 4.78 is 11.9. The molecule has 0 aromatic heterocycles. The van der Waals surface area contributed by atoms with Gasteiger partial charge in [-0.05, 0) is 61.4 Å². The minimum atomic E-state index is 0.545. The van der Waals surface area contributed by atoms with E-state index in [1.165, 1.54) is 19.4 Å². The molecule has 1 fully saturated rings. The van der Waals surface area contributed by atoms with Crippen LogP contribution in [0.15, 0.2) is 21.6 Å². The molecular formula is C16H23BrN2O2. The lowest BCUT2D eigenvalue weighted by Gasteiger charge is -2.18. The summed E-state index contributed by atoms with van der Waals surface area (Å²) in [5.74, 6) is 1.56. The summed E-state index contributed by atoms with van der Waals surface area (Å²) in [5, 5.41) is 0. The second kappa shape index (κ2) is 7.27. The Labute approximate surface area is 135 Å². The molecule has 4 nitrogen and oxygen atoms in total. The van der Waals surface area contributed by atoms with Crippen molar-refractivity contribution >= 4 is 21.6 Å². The minimum absolute atomic E-state index is 0.545. The number of halogens is 1. The Morgan fingerprint density at radius 2 is 2.14 bits per heavy atom.